The van der Waals surface area contributed by atoms with Crippen molar-refractivity contribution in [1.29, 1.82) is 0 Å². The maximum absolute atomic E-state index is 12.2. The second-order valence-corrected chi connectivity index (χ2v) is 4.42. The Morgan fingerprint density at radius 1 is 1.19 bits per heavy atom. The van der Waals surface area contributed by atoms with Gasteiger partial charge in [0.25, 0.3) is 0 Å². The Labute approximate surface area is 125 Å². The van der Waals surface area contributed by atoms with Gasteiger partial charge in [-0.2, -0.15) is 0 Å². The molecule has 5 nitrogen and oxygen atoms in total. The highest BCUT2D eigenvalue weighted by atomic mass is 35.5. The van der Waals surface area contributed by atoms with E-state index < -0.39 is 11.6 Å². The number of hydrogen-bond donors (Lipinski definition) is 0. The van der Waals surface area contributed by atoms with Crippen molar-refractivity contribution in [2.75, 3.05) is 13.3 Å². The van der Waals surface area contributed by atoms with E-state index in [1.807, 2.05) is 0 Å². The molecule has 0 bridgehead atoms. The summed E-state index contributed by atoms with van der Waals surface area (Å²) in [5.74, 6) is 0.765. The molecular weight excluding hydrogens is 301 g/mol. The van der Waals surface area contributed by atoms with Gasteiger partial charge in [0.1, 0.15) is 24.8 Å². The molecule has 0 aliphatic heterocycles. The van der Waals surface area contributed by atoms with Crippen LogP contribution in [0.4, 0.5) is 10.1 Å². The number of ether oxygens (including phenoxy) is 2. The molecule has 0 fully saturated rings. The molecule has 0 N–H and O–H groups in total. The molecule has 0 unspecified atom stereocenters. The van der Waals surface area contributed by atoms with Gasteiger partial charge in [-0.1, -0.05) is 17.7 Å². The van der Waals surface area contributed by atoms with E-state index in [0.29, 0.717) is 16.5 Å². The maximum Gasteiger partial charge on any atom is 0.311 e. The second-order valence-electron chi connectivity index (χ2n) is 3.98. The number of nitro groups is 1. The Balaban J connectivity index is 2.26. The predicted octanol–water partition coefficient (Wildman–Crippen LogP) is 4.39. The first kappa shape index (κ1) is 15.1. The van der Waals surface area contributed by atoms with Crippen LogP contribution in [0.3, 0.4) is 0 Å². The van der Waals surface area contributed by atoms with Gasteiger partial charge in [0.15, 0.2) is 0 Å². The van der Waals surface area contributed by atoms with Crippen molar-refractivity contribution in [2.24, 2.45) is 0 Å². The van der Waals surface area contributed by atoms with Crippen LogP contribution in [0.15, 0.2) is 42.5 Å². The van der Waals surface area contributed by atoms with E-state index in [9.17, 15) is 14.5 Å². The van der Waals surface area contributed by atoms with Crippen molar-refractivity contribution in [1.82, 2.24) is 0 Å². The molecule has 2 aromatic rings. The third-order valence-corrected chi connectivity index (χ3v) is 2.73. The maximum atomic E-state index is 12.2. The second kappa shape index (κ2) is 6.90. The topological polar surface area (TPSA) is 61.6 Å². The molecule has 0 atom stereocenters. The lowest BCUT2D eigenvalue weighted by Gasteiger charge is -2.09. The highest BCUT2D eigenvalue weighted by Gasteiger charge is 2.16. The Hall–Kier alpha value is -2.34. The molecule has 2 aromatic carbocycles. The van der Waals surface area contributed by atoms with Gasteiger partial charge in [0.2, 0.25) is 5.75 Å². The van der Waals surface area contributed by atoms with Crippen LogP contribution >= 0.6 is 11.6 Å². The summed E-state index contributed by atoms with van der Waals surface area (Å²) in [4.78, 5) is 10.3. The molecule has 0 saturated heterocycles. The Morgan fingerprint density at radius 3 is 2.62 bits per heavy atom. The fourth-order valence-electron chi connectivity index (χ4n) is 1.64. The number of halogens is 2. The molecule has 0 amide bonds. The zero-order chi connectivity index (χ0) is 15.2. The van der Waals surface area contributed by atoms with Gasteiger partial charge < -0.3 is 9.47 Å². The van der Waals surface area contributed by atoms with Crippen LogP contribution in [0.5, 0.6) is 17.2 Å². The van der Waals surface area contributed by atoms with E-state index in [0.717, 1.165) is 0 Å². The van der Waals surface area contributed by atoms with Gasteiger partial charge in [0, 0.05) is 17.2 Å². The summed E-state index contributed by atoms with van der Waals surface area (Å²) in [6.07, 6.45) is 0. The highest BCUT2D eigenvalue weighted by Crippen LogP contribution is 2.33. The van der Waals surface area contributed by atoms with Crippen molar-refractivity contribution in [3.8, 4) is 17.2 Å². The number of rotatable bonds is 6. The fraction of sp³-hybridized carbons (Fsp3) is 0.143. The Bertz CT molecular complexity index is 651. The third-order valence-electron chi connectivity index (χ3n) is 2.49. The van der Waals surface area contributed by atoms with E-state index in [2.05, 4.69) is 0 Å². The lowest BCUT2D eigenvalue weighted by atomic mass is 10.2. The summed E-state index contributed by atoms with van der Waals surface area (Å²) in [5, 5.41) is 11.4. The van der Waals surface area contributed by atoms with Gasteiger partial charge >= 0.3 is 5.69 Å². The third kappa shape index (κ3) is 4.06. The summed E-state index contributed by atoms with van der Waals surface area (Å²) < 4.78 is 22.7. The largest absolute Gasteiger partial charge is 0.484 e. The molecule has 0 spiro atoms. The minimum absolute atomic E-state index is 0.0443. The summed E-state index contributed by atoms with van der Waals surface area (Å²) >= 11 is 5.84. The van der Waals surface area contributed by atoms with Crippen molar-refractivity contribution >= 4 is 17.3 Å². The number of benzene rings is 2. The molecule has 0 aliphatic carbocycles. The molecule has 0 heterocycles. The summed E-state index contributed by atoms with van der Waals surface area (Å²) in [7, 11) is 0. The SMILES string of the molecule is O=[N+]([O-])c1ccc(Oc2cccc(Cl)c2)cc1OCCF. The van der Waals surface area contributed by atoms with Crippen LogP contribution < -0.4 is 9.47 Å². The zero-order valence-electron chi connectivity index (χ0n) is 10.8. The van der Waals surface area contributed by atoms with Crippen molar-refractivity contribution in [3.63, 3.8) is 0 Å². The number of alkyl halides is 1. The highest BCUT2D eigenvalue weighted by molar-refractivity contribution is 6.30. The van der Waals surface area contributed by atoms with Crippen molar-refractivity contribution in [3.05, 3.63) is 57.6 Å². The number of nitro benzene ring substituents is 1. The standard InChI is InChI=1S/C14H11ClFNO4/c15-10-2-1-3-11(8-10)21-12-4-5-13(17(18)19)14(9-12)20-7-6-16/h1-5,8-9H,6-7H2. The summed E-state index contributed by atoms with van der Waals surface area (Å²) in [6.45, 7) is -1.00. The van der Waals surface area contributed by atoms with Crippen LogP contribution in [0.2, 0.25) is 5.02 Å². The molecule has 0 saturated carbocycles. The lowest BCUT2D eigenvalue weighted by Crippen LogP contribution is -2.02. The minimum atomic E-state index is -0.740. The van der Waals surface area contributed by atoms with Crippen molar-refractivity contribution in [2.45, 2.75) is 0 Å². The van der Waals surface area contributed by atoms with E-state index in [-0.39, 0.29) is 18.0 Å². The van der Waals surface area contributed by atoms with Crippen LogP contribution in [-0.2, 0) is 0 Å². The molecule has 7 heteroatoms. The normalized spacial score (nSPS) is 10.2. The van der Waals surface area contributed by atoms with E-state index >= 15 is 0 Å². The van der Waals surface area contributed by atoms with Gasteiger partial charge in [0.05, 0.1) is 4.92 Å². The number of hydrogen-bond acceptors (Lipinski definition) is 4. The van der Waals surface area contributed by atoms with Crippen LogP contribution in [-0.4, -0.2) is 18.2 Å². The zero-order valence-corrected chi connectivity index (χ0v) is 11.5. The predicted molar refractivity (Wildman–Crippen MR) is 76.1 cm³/mol. The van der Waals surface area contributed by atoms with E-state index in [1.54, 1.807) is 24.3 Å². The van der Waals surface area contributed by atoms with Crippen LogP contribution in [0.1, 0.15) is 0 Å². The average molecular weight is 312 g/mol. The summed E-state index contributed by atoms with van der Waals surface area (Å²) in [6, 6.07) is 10.7. The van der Waals surface area contributed by atoms with Gasteiger partial charge in [-0.15, -0.1) is 0 Å². The first-order valence-electron chi connectivity index (χ1n) is 6.01. The lowest BCUT2D eigenvalue weighted by molar-refractivity contribution is -0.385. The van der Waals surface area contributed by atoms with Gasteiger partial charge in [-0.3, -0.25) is 10.1 Å². The van der Waals surface area contributed by atoms with Crippen LogP contribution in [0, 0.1) is 10.1 Å². The molecular formula is C14H11ClFNO4. The molecule has 2 rings (SSSR count). The van der Waals surface area contributed by atoms with Crippen LogP contribution in [0.25, 0.3) is 0 Å². The first-order chi connectivity index (χ1) is 10.1. The van der Waals surface area contributed by atoms with E-state index in [4.69, 9.17) is 21.1 Å². The quantitative estimate of drug-likeness (QED) is 0.586. The number of nitrogens with zero attached hydrogens (tertiary/aromatic N) is 1. The smallest absolute Gasteiger partial charge is 0.311 e. The first-order valence-corrected chi connectivity index (χ1v) is 6.38. The Kier molecular flexibility index (Phi) is 4.94. The molecule has 0 radical (unpaired) electrons. The molecule has 0 aliphatic rings. The van der Waals surface area contributed by atoms with Crippen molar-refractivity contribution < 1.29 is 18.8 Å². The minimum Gasteiger partial charge on any atom is -0.484 e. The Morgan fingerprint density at radius 2 is 1.95 bits per heavy atom. The fourth-order valence-corrected chi connectivity index (χ4v) is 1.82. The molecule has 110 valence electrons. The van der Waals surface area contributed by atoms with Gasteiger partial charge in [-0.25, -0.2) is 4.39 Å². The molecule has 21 heavy (non-hydrogen) atoms. The average Bonchev–Trinajstić information content (AvgIpc) is 2.45. The van der Waals surface area contributed by atoms with E-state index in [1.165, 1.54) is 18.2 Å². The van der Waals surface area contributed by atoms with Gasteiger partial charge in [-0.05, 0) is 24.3 Å². The monoisotopic (exact) mass is 311 g/mol. The summed E-state index contributed by atoms with van der Waals surface area (Å²) in [5.41, 5.74) is -0.248. The molecule has 0 aromatic heterocycles.